The van der Waals surface area contributed by atoms with Crippen molar-refractivity contribution >= 4 is 11.6 Å². The molecular weight excluding hydrogens is 262 g/mol. The summed E-state index contributed by atoms with van der Waals surface area (Å²) in [5, 5.41) is 6.81. The first-order valence-electron chi connectivity index (χ1n) is 8.15. The van der Waals surface area contributed by atoms with Crippen LogP contribution in [-0.4, -0.2) is 47.6 Å². The van der Waals surface area contributed by atoms with Gasteiger partial charge in [0.05, 0.1) is 0 Å². The highest BCUT2D eigenvalue weighted by Crippen LogP contribution is 2.20. The smallest absolute Gasteiger partial charge is 0.134 e. The van der Waals surface area contributed by atoms with Crippen molar-refractivity contribution in [3.05, 3.63) is 11.4 Å². The molecule has 0 bridgehead atoms. The zero-order valence-electron chi connectivity index (χ0n) is 13.9. The summed E-state index contributed by atoms with van der Waals surface area (Å²) in [7, 11) is 0. The molecule has 5 heteroatoms. The predicted octanol–water partition coefficient (Wildman–Crippen LogP) is 2.67. The molecule has 0 spiro atoms. The number of anilines is 2. The van der Waals surface area contributed by atoms with Crippen LogP contribution in [0.3, 0.4) is 0 Å². The van der Waals surface area contributed by atoms with Crippen LogP contribution in [0.2, 0.25) is 0 Å². The summed E-state index contributed by atoms with van der Waals surface area (Å²) in [5.41, 5.74) is 1.11. The first-order valence-corrected chi connectivity index (χ1v) is 8.15. The molecular formula is C16H29N5. The molecule has 5 nitrogen and oxygen atoms in total. The highest BCUT2D eigenvalue weighted by Gasteiger charge is 2.15. The van der Waals surface area contributed by atoms with E-state index in [0.29, 0.717) is 5.92 Å². The zero-order chi connectivity index (χ0) is 15.2. The van der Waals surface area contributed by atoms with Crippen molar-refractivity contribution in [2.24, 2.45) is 5.92 Å². The van der Waals surface area contributed by atoms with Gasteiger partial charge >= 0.3 is 0 Å². The Balaban J connectivity index is 1.92. The number of aromatic nitrogens is 2. The molecule has 1 aliphatic heterocycles. The molecule has 0 aliphatic carbocycles. The maximum atomic E-state index is 4.54. The fourth-order valence-corrected chi connectivity index (χ4v) is 2.88. The quantitative estimate of drug-likeness (QED) is 0.809. The molecule has 21 heavy (non-hydrogen) atoms. The second-order valence-corrected chi connectivity index (χ2v) is 6.12. The van der Waals surface area contributed by atoms with Crippen molar-refractivity contribution in [3.63, 3.8) is 0 Å². The van der Waals surface area contributed by atoms with Crippen LogP contribution < -0.4 is 10.6 Å². The Bertz CT molecular complexity index is 454. The Hall–Kier alpha value is -1.36. The third kappa shape index (κ3) is 4.56. The lowest BCUT2D eigenvalue weighted by Crippen LogP contribution is -2.29. The molecule has 2 rings (SSSR count). The molecule has 1 saturated heterocycles. The molecule has 1 atom stereocenters. The van der Waals surface area contributed by atoms with Gasteiger partial charge in [0.25, 0.3) is 0 Å². The van der Waals surface area contributed by atoms with Gasteiger partial charge in [0.2, 0.25) is 0 Å². The van der Waals surface area contributed by atoms with E-state index in [1.807, 2.05) is 6.92 Å². The summed E-state index contributed by atoms with van der Waals surface area (Å²) in [5.74, 6) is 3.35. The number of nitrogens with zero attached hydrogens (tertiary/aromatic N) is 3. The van der Waals surface area contributed by atoms with Crippen molar-refractivity contribution < 1.29 is 0 Å². The predicted molar refractivity (Wildman–Crippen MR) is 89.0 cm³/mol. The number of aryl methyl sites for hydroxylation is 1. The van der Waals surface area contributed by atoms with E-state index in [0.717, 1.165) is 36.1 Å². The highest BCUT2D eigenvalue weighted by atomic mass is 15.1. The van der Waals surface area contributed by atoms with Gasteiger partial charge in [0.15, 0.2) is 0 Å². The summed E-state index contributed by atoms with van der Waals surface area (Å²) < 4.78 is 0. The summed E-state index contributed by atoms with van der Waals surface area (Å²) in [6.45, 7) is 13.9. The molecule has 118 valence electrons. The minimum atomic E-state index is 0.625. The molecule has 1 aliphatic rings. The third-order valence-corrected chi connectivity index (χ3v) is 3.99. The van der Waals surface area contributed by atoms with Gasteiger partial charge in [-0.05, 0) is 52.6 Å². The lowest BCUT2D eigenvalue weighted by molar-refractivity contribution is 0.294. The third-order valence-electron chi connectivity index (χ3n) is 3.99. The van der Waals surface area contributed by atoms with Gasteiger partial charge < -0.3 is 15.5 Å². The number of hydrogen-bond donors (Lipinski definition) is 2. The molecule has 0 amide bonds. The van der Waals surface area contributed by atoms with E-state index in [9.17, 15) is 0 Å². The van der Waals surface area contributed by atoms with Crippen LogP contribution in [0.25, 0.3) is 0 Å². The van der Waals surface area contributed by atoms with Crippen molar-refractivity contribution in [3.8, 4) is 0 Å². The van der Waals surface area contributed by atoms with E-state index in [2.05, 4.69) is 46.3 Å². The van der Waals surface area contributed by atoms with Gasteiger partial charge in [-0.25, -0.2) is 9.97 Å². The van der Waals surface area contributed by atoms with E-state index in [1.54, 1.807) is 0 Å². The lowest BCUT2D eigenvalue weighted by atomic mass is 10.1. The van der Waals surface area contributed by atoms with E-state index < -0.39 is 0 Å². The maximum absolute atomic E-state index is 4.54. The van der Waals surface area contributed by atoms with Gasteiger partial charge in [-0.1, -0.05) is 6.92 Å². The van der Waals surface area contributed by atoms with Gasteiger partial charge in [0.1, 0.15) is 17.5 Å². The van der Waals surface area contributed by atoms with Gasteiger partial charge in [-0.2, -0.15) is 0 Å². The Morgan fingerprint density at radius 3 is 2.33 bits per heavy atom. The number of likely N-dealkylation sites (tertiary alicyclic amines) is 1. The molecule has 0 radical (unpaired) electrons. The Labute approximate surface area is 128 Å². The van der Waals surface area contributed by atoms with Crippen molar-refractivity contribution in [1.82, 2.24) is 14.9 Å². The van der Waals surface area contributed by atoms with Gasteiger partial charge in [0, 0.05) is 25.2 Å². The van der Waals surface area contributed by atoms with Gasteiger partial charge in [-0.3, -0.25) is 0 Å². The van der Waals surface area contributed by atoms with Gasteiger partial charge in [-0.15, -0.1) is 0 Å². The monoisotopic (exact) mass is 291 g/mol. The molecule has 1 aromatic rings. The number of hydrogen-bond acceptors (Lipinski definition) is 5. The van der Waals surface area contributed by atoms with Crippen LogP contribution in [0.15, 0.2) is 0 Å². The van der Waals surface area contributed by atoms with Crippen molar-refractivity contribution in [1.29, 1.82) is 0 Å². The summed E-state index contributed by atoms with van der Waals surface area (Å²) in [4.78, 5) is 11.6. The Morgan fingerprint density at radius 2 is 1.71 bits per heavy atom. The summed E-state index contributed by atoms with van der Waals surface area (Å²) in [6.07, 6.45) is 2.72. The van der Waals surface area contributed by atoms with Crippen LogP contribution in [0.4, 0.5) is 11.6 Å². The van der Waals surface area contributed by atoms with E-state index in [4.69, 9.17) is 0 Å². The average Bonchev–Trinajstić information content (AvgIpc) is 2.94. The van der Waals surface area contributed by atoms with Crippen LogP contribution in [-0.2, 0) is 0 Å². The second kappa shape index (κ2) is 7.59. The largest absolute Gasteiger partial charge is 0.370 e. The normalized spacial score (nSPS) is 17.0. The van der Waals surface area contributed by atoms with Crippen LogP contribution in [0, 0.1) is 19.8 Å². The zero-order valence-corrected chi connectivity index (χ0v) is 13.9. The SMILES string of the molecule is CCNc1nc(C)nc(NCC(C)CN2CCCC2)c1C. The summed E-state index contributed by atoms with van der Waals surface area (Å²) >= 11 is 0. The van der Waals surface area contributed by atoms with E-state index in [-0.39, 0.29) is 0 Å². The topological polar surface area (TPSA) is 53.1 Å². The first-order chi connectivity index (χ1) is 10.1. The fraction of sp³-hybridized carbons (Fsp3) is 0.750. The standard InChI is InChI=1S/C16H29N5/c1-5-17-15-13(3)16(20-14(4)19-15)18-10-12(2)11-21-8-6-7-9-21/h12H,5-11H2,1-4H3,(H2,17,18,19,20). The van der Waals surface area contributed by atoms with Crippen LogP contribution >= 0.6 is 0 Å². The molecule has 0 saturated carbocycles. The van der Waals surface area contributed by atoms with E-state index >= 15 is 0 Å². The minimum absolute atomic E-state index is 0.625. The molecule has 0 aromatic carbocycles. The molecule has 2 heterocycles. The molecule has 1 aromatic heterocycles. The van der Waals surface area contributed by atoms with Crippen LogP contribution in [0.5, 0.6) is 0 Å². The molecule has 1 fully saturated rings. The van der Waals surface area contributed by atoms with Crippen molar-refractivity contribution in [2.75, 3.05) is 43.4 Å². The molecule has 2 N–H and O–H groups in total. The second-order valence-electron chi connectivity index (χ2n) is 6.12. The molecule has 1 unspecified atom stereocenters. The average molecular weight is 291 g/mol. The number of nitrogens with one attached hydrogen (secondary N) is 2. The minimum Gasteiger partial charge on any atom is -0.370 e. The Morgan fingerprint density at radius 1 is 1.10 bits per heavy atom. The van der Waals surface area contributed by atoms with Crippen LogP contribution in [0.1, 0.15) is 38.1 Å². The number of rotatable bonds is 7. The fourth-order valence-electron chi connectivity index (χ4n) is 2.88. The lowest BCUT2D eigenvalue weighted by Gasteiger charge is -2.21. The summed E-state index contributed by atoms with van der Waals surface area (Å²) in [6, 6.07) is 0. The van der Waals surface area contributed by atoms with Crippen molar-refractivity contribution in [2.45, 2.75) is 40.5 Å². The first kappa shape index (κ1) is 16.0. The van der Waals surface area contributed by atoms with E-state index in [1.165, 1.54) is 32.5 Å². The Kier molecular flexibility index (Phi) is 5.79. The highest BCUT2D eigenvalue weighted by molar-refractivity contribution is 5.57. The maximum Gasteiger partial charge on any atom is 0.134 e.